The summed E-state index contributed by atoms with van der Waals surface area (Å²) in [6.45, 7) is 1.98. The highest BCUT2D eigenvalue weighted by Gasteiger charge is 2.23. The molecule has 7 nitrogen and oxygen atoms in total. The van der Waals surface area contributed by atoms with Gasteiger partial charge in [0.25, 0.3) is 11.8 Å². The molecule has 0 spiro atoms. The molecule has 3 amide bonds. The molecule has 3 N–H and O–H groups in total. The molecule has 0 radical (unpaired) electrons. The second-order valence-corrected chi connectivity index (χ2v) is 13.7. The molecule has 0 saturated carbocycles. The number of carbonyl (C=O) groups excluding carboxylic acids is 3. The Morgan fingerprint density at radius 2 is 1.48 bits per heavy atom. The van der Waals surface area contributed by atoms with E-state index in [-0.39, 0.29) is 17.5 Å². The van der Waals surface area contributed by atoms with E-state index in [1.165, 1.54) is 23.1 Å². The van der Waals surface area contributed by atoms with Crippen molar-refractivity contribution in [2.75, 3.05) is 10.6 Å². The van der Waals surface area contributed by atoms with Crippen molar-refractivity contribution in [3.63, 3.8) is 0 Å². The number of amides is 3. The fourth-order valence-electron chi connectivity index (χ4n) is 4.66. The highest BCUT2D eigenvalue weighted by molar-refractivity contribution is 8.00. The van der Waals surface area contributed by atoms with E-state index in [1.807, 2.05) is 103 Å². The number of aromatic nitrogens is 1. The van der Waals surface area contributed by atoms with E-state index in [2.05, 4.69) is 20.9 Å². The second kappa shape index (κ2) is 15.5. The Kier molecular flexibility index (Phi) is 10.6. The standard InChI is InChI=1S/C38H30N4O3S3/c1-25-14-16-26(17-15-25)23-31(40-35(43)28-11-6-3-7-12-28)36(44)39-29-18-20-30(21-19-29)48-34(27-9-4-2-5-10-27)37(45)42-38-41-32(24-47-38)33-13-8-22-46-33/h2-24,34H,1H3,(H,39,44)(H,40,43)(H,41,42,45)/b31-23-. The summed E-state index contributed by atoms with van der Waals surface area (Å²) in [6, 6.07) is 37.2. The molecule has 1 unspecified atom stereocenters. The largest absolute Gasteiger partial charge is 0.321 e. The fraction of sp³-hybridized carbons (Fsp3) is 0.0526. The molecule has 10 heteroatoms. The number of thioether (sulfide) groups is 1. The van der Waals surface area contributed by atoms with Crippen molar-refractivity contribution < 1.29 is 14.4 Å². The zero-order valence-electron chi connectivity index (χ0n) is 25.8. The van der Waals surface area contributed by atoms with Crippen molar-refractivity contribution in [1.82, 2.24) is 10.3 Å². The Labute approximate surface area is 290 Å². The molecule has 0 bridgehead atoms. The first-order valence-corrected chi connectivity index (χ1v) is 17.6. The lowest BCUT2D eigenvalue weighted by Crippen LogP contribution is -2.30. The van der Waals surface area contributed by atoms with Crippen LogP contribution in [0, 0.1) is 6.92 Å². The summed E-state index contributed by atoms with van der Waals surface area (Å²) in [5.74, 6) is -1.04. The van der Waals surface area contributed by atoms with Crippen molar-refractivity contribution in [2.24, 2.45) is 0 Å². The van der Waals surface area contributed by atoms with Gasteiger partial charge in [-0.1, -0.05) is 84.4 Å². The Bertz CT molecular complexity index is 2030. The minimum absolute atomic E-state index is 0.108. The third-order valence-corrected chi connectivity index (χ3v) is 10.0. The van der Waals surface area contributed by atoms with Crippen LogP contribution < -0.4 is 16.0 Å². The lowest BCUT2D eigenvalue weighted by atomic mass is 10.1. The van der Waals surface area contributed by atoms with E-state index < -0.39 is 11.2 Å². The van der Waals surface area contributed by atoms with Crippen LogP contribution in [-0.2, 0) is 9.59 Å². The van der Waals surface area contributed by atoms with Crippen LogP contribution in [0.3, 0.4) is 0 Å². The van der Waals surface area contributed by atoms with Crippen LogP contribution in [0.15, 0.2) is 143 Å². The monoisotopic (exact) mass is 686 g/mol. The van der Waals surface area contributed by atoms with Gasteiger partial charge in [0.15, 0.2) is 5.13 Å². The highest BCUT2D eigenvalue weighted by atomic mass is 32.2. The Morgan fingerprint density at radius 1 is 0.771 bits per heavy atom. The van der Waals surface area contributed by atoms with E-state index in [1.54, 1.807) is 53.8 Å². The van der Waals surface area contributed by atoms with Gasteiger partial charge < -0.3 is 16.0 Å². The molecule has 6 rings (SSSR count). The van der Waals surface area contributed by atoms with Crippen molar-refractivity contribution in [3.05, 3.63) is 160 Å². The highest BCUT2D eigenvalue weighted by Crippen LogP contribution is 2.37. The van der Waals surface area contributed by atoms with Gasteiger partial charge >= 0.3 is 0 Å². The minimum Gasteiger partial charge on any atom is -0.321 e. The van der Waals surface area contributed by atoms with Crippen molar-refractivity contribution >= 4 is 69.1 Å². The van der Waals surface area contributed by atoms with Gasteiger partial charge in [-0.15, -0.1) is 34.4 Å². The number of rotatable bonds is 11. The molecule has 0 aliphatic carbocycles. The summed E-state index contributed by atoms with van der Waals surface area (Å²) in [5, 5.41) is 12.6. The maximum Gasteiger partial charge on any atom is 0.272 e. The van der Waals surface area contributed by atoms with Crippen LogP contribution in [0.4, 0.5) is 10.8 Å². The molecule has 2 aromatic heterocycles. The predicted octanol–water partition coefficient (Wildman–Crippen LogP) is 9.06. The van der Waals surface area contributed by atoms with Crippen LogP contribution in [-0.4, -0.2) is 22.7 Å². The van der Waals surface area contributed by atoms with Gasteiger partial charge in [0.1, 0.15) is 10.9 Å². The number of aryl methyl sites for hydroxylation is 1. The maximum atomic E-state index is 13.6. The molecule has 0 aliphatic rings. The molecule has 0 fully saturated rings. The lowest BCUT2D eigenvalue weighted by Gasteiger charge is -2.17. The molecule has 1 atom stereocenters. The van der Waals surface area contributed by atoms with E-state index in [0.29, 0.717) is 16.4 Å². The van der Waals surface area contributed by atoms with Crippen LogP contribution in [0.5, 0.6) is 0 Å². The molecule has 4 aromatic carbocycles. The zero-order chi connectivity index (χ0) is 33.3. The number of benzene rings is 4. The summed E-state index contributed by atoms with van der Waals surface area (Å²) in [6.07, 6.45) is 1.65. The third-order valence-electron chi connectivity index (χ3n) is 7.13. The number of anilines is 2. The quantitative estimate of drug-likeness (QED) is 0.0933. The first kappa shape index (κ1) is 32.6. The van der Waals surface area contributed by atoms with E-state index in [4.69, 9.17) is 0 Å². The van der Waals surface area contributed by atoms with Crippen molar-refractivity contribution in [2.45, 2.75) is 17.1 Å². The van der Waals surface area contributed by atoms with Crippen LogP contribution >= 0.6 is 34.4 Å². The van der Waals surface area contributed by atoms with Gasteiger partial charge in [-0.3, -0.25) is 14.4 Å². The Hall–Kier alpha value is -5.29. The average molecular weight is 687 g/mol. The van der Waals surface area contributed by atoms with Gasteiger partial charge in [0, 0.05) is 21.5 Å². The Balaban J connectivity index is 1.17. The van der Waals surface area contributed by atoms with Gasteiger partial charge in [-0.2, -0.15) is 0 Å². The van der Waals surface area contributed by atoms with Crippen LogP contribution in [0.1, 0.15) is 32.3 Å². The molecular formula is C38H30N4O3S3. The first-order chi connectivity index (χ1) is 23.4. The zero-order valence-corrected chi connectivity index (χ0v) is 28.2. The lowest BCUT2D eigenvalue weighted by molar-refractivity contribution is -0.116. The molecule has 238 valence electrons. The molecule has 0 saturated heterocycles. The van der Waals surface area contributed by atoms with Gasteiger partial charge in [0.2, 0.25) is 5.91 Å². The topological polar surface area (TPSA) is 100 Å². The van der Waals surface area contributed by atoms with E-state index in [0.717, 1.165) is 32.2 Å². The summed E-state index contributed by atoms with van der Waals surface area (Å²) in [5.41, 5.74) is 4.64. The number of carbonyl (C=O) groups is 3. The van der Waals surface area contributed by atoms with Gasteiger partial charge in [-0.05, 0) is 72.0 Å². The van der Waals surface area contributed by atoms with E-state index in [9.17, 15) is 14.4 Å². The smallest absolute Gasteiger partial charge is 0.272 e. The van der Waals surface area contributed by atoms with E-state index >= 15 is 0 Å². The summed E-state index contributed by atoms with van der Waals surface area (Å²) < 4.78 is 0. The van der Waals surface area contributed by atoms with Crippen molar-refractivity contribution in [1.29, 1.82) is 0 Å². The summed E-state index contributed by atoms with van der Waals surface area (Å²) in [4.78, 5) is 46.5. The van der Waals surface area contributed by atoms with Crippen LogP contribution in [0.2, 0.25) is 0 Å². The number of thiazole rings is 1. The molecular weight excluding hydrogens is 657 g/mol. The van der Waals surface area contributed by atoms with Crippen molar-refractivity contribution in [3.8, 4) is 10.6 Å². The minimum atomic E-state index is -0.544. The normalized spacial score (nSPS) is 11.8. The predicted molar refractivity (Wildman–Crippen MR) is 197 cm³/mol. The number of hydrogen-bond acceptors (Lipinski definition) is 7. The van der Waals surface area contributed by atoms with Crippen LogP contribution in [0.25, 0.3) is 16.6 Å². The summed E-state index contributed by atoms with van der Waals surface area (Å²) >= 11 is 4.39. The molecule has 48 heavy (non-hydrogen) atoms. The van der Waals surface area contributed by atoms with Gasteiger partial charge in [-0.25, -0.2) is 4.98 Å². The second-order valence-electron chi connectivity index (χ2n) is 10.7. The maximum absolute atomic E-state index is 13.6. The first-order valence-electron chi connectivity index (χ1n) is 15.0. The van der Waals surface area contributed by atoms with Gasteiger partial charge in [0.05, 0.1) is 10.6 Å². The molecule has 0 aliphatic heterocycles. The average Bonchev–Trinajstić information content (AvgIpc) is 3.82. The number of nitrogens with zero attached hydrogens (tertiary/aromatic N) is 1. The third kappa shape index (κ3) is 8.54. The number of thiophene rings is 1. The summed E-state index contributed by atoms with van der Waals surface area (Å²) in [7, 11) is 0. The Morgan fingerprint density at radius 3 is 2.17 bits per heavy atom. The number of nitrogens with one attached hydrogen (secondary N) is 3. The number of hydrogen-bond donors (Lipinski definition) is 3. The fourth-order valence-corrected chi connectivity index (χ4v) is 7.16. The molecule has 6 aromatic rings. The SMILES string of the molecule is Cc1ccc(/C=C(\NC(=O)c2ccccc2)C(=O)Nc2ccc(SC(C(=O)Nc3nc(-c4cccs4)cs3)c3ccccc3)cc2)cc1. The molecule has 2 heterocycles.